The summed E-state index contributed by atoms with van der Waals surface area (Å²) in [6.45, 7) is 1.62. The summed E-state index contributed by atoms with van der Waals surface area (Å²) < 4.78 is 11.8. The summed E-state index contributed by atoms with van der Waals surface area (Å²) in [5.74, 6) is -1.34. The SMILES string of the molecule is COc1cc(/C=C2/C(=O)NC(=O)N(c3ccc(Cl)cc3)C2=O)cc(I)c1OCC(=O)Nc1ccccc1C. The molecule has 1 aliphatic rings. The minimum atomic E-state index is -0.862. The van der Waals surface area contributed by atoms with Gasteiger partial charge in [-0.15, -0.1) is 0 Å². The van der Waals surface area contributed by atoms with Gasteiger partial charge in [-0.25, -0.2) is 9.69 Å². The number of hydrogen-bond acceptors (Lipinski definition) is 6. The second kappa shape index (κ2) is 11.7. The molecule has 1 saturated heterocycles. The molecule has 1 aliphatic heterocycles. The molecule has 1 fully saturated rings. The molecule has 0 atom stereocenters. The first-order valence-electron chi connectivity index (χ1n) is 11.2. The van der Waals surface area contributed by atoms with Crippen molar-refractivity contribution in [1.29, 1.82) is 0 Å². The van der Waals surface area contributed by atoms with E-state index in [1.165, 1.54) is 37.5 Å². The van der Waals surface area contributed by atoms with Crippen LogP contribution in [0.2, 0.25) is 5.02 Å². The maximum atomic E-state index is 13.1. The minimum absolute atomic E-state index is 0.247. The normalized spacial score (nSPS) is 14.4. The Hall–Kier alpha value is -3.90. The van der Waals surface area contributed by atoms with Gasteiger partial charge in [0.1, 0.15) is 5.57 Å². The van der Waals surface area contributed by atoms with Crippen molar-refractivity contribution in [3.8, 4) is 11.5 Å². The molecule has 0 spiro atoms. The number of nitrogens with zero attached hydrogens (tertiary/aromatic N) is 1. The first-order valence-corrected chi connectivity index (χ1v) is 12.7. The van der Waals surface area contributed by atoms with E-state index in [9.17, 15) is 19.2 Å². The fraction of sp³-hybridized carbons (Fsp3) is 0.111. The number of carbonyl (C=O) groups is 4. The van der Waals surface area contributed by atoms with Crippen LogP contribution >= 0.6 is 34.2 Å². The van der Waals surface area contributed by atoms with Crippen LogP contribution in [0.3, 0.4) is 0 Å². The van der Waals surface area contributed by atoms with Crippen LogP contribution in [0.4, 0.5) is 16.2 Å². The van der Waals surface area contributed by atoms with E-state index in [1.54, 1.807) is 18.2 Å². The van der Waals surface area contributed by atoms with Crippen LogP contribution in [0.5, 0.6) is 11.5 Å². The molecule has 194 valence electrons. The maximum absolute atomic E-state index is 13.1. The molecule has 0 radical (unpaired) electrons. The molecule has 2 N–H and O–H groups in total. The number of methoxy groups -OCH3 is 1. The van der Waals surface area contributed by atoms with Crippen molar-refractivity contribution >= 4 is 75.4 Å². The van der Waals surface area contributed by atoms with E-state index in [0.717, 1.165) is 10.5 Å². The maximum Gasteiger partial charge on any atom is 0.335 e. The second-order valence-corrected chi connectivity index (χ2v) is 9.72. The number of hydrogen-bond donors (Lipinski definition) is 2. The van der Waals surface area contributed by atoms with Crippen molar-refractivity contribution in [3.63, 3.8) is 0 Å². The van der Waals surface area contributed by atoms with Gasteiger partial charge in [0.2, 0.25) is 0 Å². The number of amides is 5. The third kappa shape index (κ3) is 5.97. The van der Waals surface area contributed by atoms with Gasteiger partial charge in [0.05, 0.1) is 16.4 Å². The van der Waals surface area contributed by atoms with Gasteiger partial charge in [-0.2, -0.15) is 0 Å². The summed E-state index contributed by atoms with van der Waals surface area (Å²) in [5.41, 5.74) is 2.07. The second-order valence-electron chi connectivity index (χ2n) is 8.12. The largest absolute Gasteiger partial charge is 0.493 e. The van der Waals surface area contributed by atoms with Gasteiger partial charge in [0.15, 0.2) is 18.1 Å². The summed E-state index contributed by atoms with van der Waals surface area (Å²) in [6, 6.07) is 15.8. The lowest BCUT2D eigenvalue weighted by molar-refractivity contribution is -0.122. The zero-order valence-corrected chi connectivity index (χ0v) is 23.1. The van der Waals surface area contributed by atoms with Crippen molar-refractivity contribution in [1.82, 2.24) is 5.32 Å². The Balaban J connectivity index is 1.56. The van der Waals surface area contributed by atoms with E-state index in [2.05, 4.69) is 10.6 Å². The molecule has 3 aromatic carbocycles. The first-order chi connectivity index (χ1) is 18.2. The van der Waals surface area contributed by atoms with Crippen LogP contribution in [0.1, 0.15) is 11.1 Å². The standard InChI is InChI=1S/C27H21ClIN3O6/c1-15-5-3-4-6-21(15)30-23(33)14-38-24-20(29)12-16(13-22(24)37-2)11-19-25(34)31-27(36)32(26(19)35)18-9-7-17(28)8-10-18/h3-13H,14H2,1-2H3,(H,30,33)(H,31,34,36)/b19-11-. The highest BCUT2D eigenvalue weighted by Gasteiger charge is 2.36. The van der Waals surface area contributed by atoms with E-state index in [-0.39, 0.29) is 23.8 Å². The van der Waals surface area contributed by atoms with E-state index in [0.29, 0.717) is 31.3 Å². The van der Waals surface area contributed by atoms with Crippen LogP contribution in [0, 0.1) is 10.5 Å². The highest BCUT2D eigenvalue weighted by atomic mass is 127. The summed E-state index contributed by atoms with van der Waals surface area (Å²) in [7, 11) is 1.43. The van der Waals surface area contributed by atoms with Gasteiger partial charge in [-0.3, -0.25) is 19.7 Å². The molecule has 0 aliphatic carbocycles. The lowest BCUT2D eigenvalue weighted by atomic mass is 10.1. The van der Waals surface area contributed by atoms with Crippen LogP contribution in [-0.4, -0.2) is 37.5 Å². The third-order valence-corrected chi connectivity index (χ3v) is 6.57. The number of aryl methyl sites for hydroxylation is 1. The van der Waals surface area contributed by atoms with Crippen LogP contribution in [0.25, 0.3) is 6.08 Å². The number of imide groups is 2. The molecular weight excluding hydrogens is 625 g/mol. The molecule has 1 heterocycles. The topological polar surface area (TPSA) is 114 Å². The number of halogens is 2. The molecule has 0 unspecified atom stereocenters. The Labute approximate surface area is 236 Å². The predicted octanol–water partition coefficient (Wildman–Crippen LogP) is 4.95. The van der Waals surface area contributed by atoms with Crippen LogP contribution in [0.15, 0.2) is 66.2 Å². The van der Waals surface area contributed by atoms with Gasteiger partial charge < -0.3 is 14.8 Å². The lowest BCUT2D eigenvalue weighted by Gasteiger charge is -2.26. The average molecular weight is 646 g/mol. The quantitative estimate of drug-likeness (QED) is 0.214. The van der Waals surface area contributed by atoms with Crippen LogP contribution < -0.4 is 25.0 Å². The Bertz CT molecular complexity index is 1470. The van der Waals surface area contributed by atoms with E-state index < -0.39 is 17.8 Å². The van der Waals surface area contributed by atoms with Crippen LogP contribution in [-0.2, 0) is 14.4 Å². The third-order valence-electron chi connectivity index (χ3n) is 5.52. The number of barbiturate groups is 1. The van der Waals surface area contributed by atoms with Gasteiger partial charge in [-0.05, 0) is 89.2 Å². The molecule has 3 aromatic rings. The Morgan fingerprint density at radius 1 is 1.11 bits per heavy atom. The van der Waals surface area contributed by atoms with Crippen molar-refractivity contribution in [3.05, 3.63) is 86.0 Å². The molecular formula is C27H21ClIN3O6. The summed E-state index contributed by atoms with van der Waals surface area (Å²) in [5, 5.41) is 5.41. The predicted molar refractivity (Wildman–Crippen MR) is 151 cm³/mol. The minimum Gasteiger partial charge on any atom is -0.493 e. The molecule has 5 amide bonds. The zero-order valence-electron chi connectivity index (χ0n) is 20.2. The monoisotopic (exact) mass is 645 g/mol. The Kier molecular flexibility index (Phi) is 8.32. The number of para-hydroxylation sites is 1. The van der Waals surface area contributed by atoms with Crippen molar-refractivity contribution < 1.29 is 28.7 Å². The number of rotatable bonds is 7. The molecule has 9 nitrogen and oxygen atoms in total. The van der Waals surface area contributed by atoms with Gasteiger partial charge in [-0.1, -0.05) is 29.8 Å². The highest BCUT2D eigenvalue weighted by Crippen LogP contribution is 2.35. The summed E-state index contributed by atoms with van der Waals surface area (Å²) >= 11 is 7.91. The number of nitrogens with one attached hydrogen (secondary N) is 2. The number of urea groups is 1. The molecule has 4 rings (SSSR count). The van der Waals surface area contributed by atoms with Crippen molar-refractivity contribution in [2.24, 2.45) is 0 Å². The van der Waals surface area contributed by atoms with Gasteiger partial charge in [0.25, 0.3) is 17.7 Å². The fourth-order valence-corrected chi connectivity index (χ4v) is 4.56. The van der Waals surface area contributed by atoms with Gasteiger partial charge in [0, 0.05) is 10.7 Å². The number of benzene rings is 3. The lowest BCUT2D eigenvalue weighted by Crippen LogP contribution is -2.54. The number of carbonyl (C=O) groups excluding carboxylic acids is 4. The van der Waals surface area contributed by atoms with Crippen molar-refractivity contribution in [2.45, 2.75) is 6.92 Å². The number of ether oxygens (including phenoxy) is 2. The molecule has 11 heteroatoms. The zero-order chi connectivity index (χ0) is 27.4. The first kappa shape index (κ1) is 27.1. The molecule has 0 saturated carbocycles. The molecule has 0 aromatic heterocycles. The Morgan fingerprint density at radius 3 is 2.50 bits per heavy atom. The fourth-order valence-electron chi connectivity index (χ4n) is 3.65. The Morgan fingerprint density at radius 2 is 1.82 bits per heavy atom. The summed E-state index contributed by atoms with van der Waals surface area (Å²) in [6.07, 6.45) is 1.35. The van der Waals surface area contributed by atoms with Crippen molar-refractivity contribution in [2.75, 3.05) is 23.9 Å². The average Bonchev–Trinajstić information content (AvgIpc) is 2.88. The van der Waals surface area contributed by atoms with Gasteiger partial charge >= 0.3 is 6.03 Å². The van der Waals surface area contributed by atoms with E-state index >= 15 is 0 Å². The summed E-state index contributed by atoms with van der Waals surface area (Å²) in [4.78, 5) is 51.4. The smallest absolute Gasteiger partial charge is 0.335 e. The molecule has 38 heavy (non-hydrogen) atoms. The van der Waals surface area contributed by atoms with E-state index in [1.807, 2.05) is 47.7 Å². The number of anilines is 2. The molecule has 0 bridgehead atoms. The van der Waals surface area contributed by atoms with E-state index in [4.69, 9.17) is 21.1 Å². The highest BCUT2D eigenvalue weighted by molar-refractivity contribution is 14.1.